The highest BCUT2D eigenvalue weighted by Crippen LogP contribution is 2.15. The van der Waals surface area contributed by atoms with Crippen molar-refractivity contribution in [1.29, 1.82) is 5.26 Å². The molecular formula is C11H11N7. The number of aryl methyl sites for hydroxylation is 1. The van der Waals surface area contributed by atoms with Gasteiger partial charge >= 0.3 is 0 Å². The Balaban J connectivity index is 2.30. The minimum atomic E-state index is 0.259. The monoisotopic (exact) mass is 241 g/mol. The van der Waals surface area contributed by atoms with Gasteiger partial charge in [-0.15, -0.1) is 10.2 Å². The molecule has 7 heteroatoms. The van der Waals surface area contributed by atoms with Gasteiger partial charge in [-0.3, -0.25) is 0 Å². The Morgan fingerprint density at radius 3 is 2.89 bits per heavy atom. The van der Waals surface area contributed by atoms with Gasteiger partial charge in [-0.1, -0.05) is 6.07 Å². The van der Waals surface area contributed by atoms with E-state index < -0.39 is 0 Å². The molecule has 7 nitrogen and oxygen atoms in total. The van der Waals surface area contributed by atoms with Crippen molar-refractivity contribution in [1.82, 2.24) is 25.6 Å². The molecule has 2 heterocycles. The van der Waals surface area contributed by atoms with Crippen LogP contribution in [0.3, 0.4) is 0 Å². The molecule has 0 amide bonds. The predicted octanol–water partition coefficient (Wildman–Crippen LogP) is 1.27. The van der Waals surface area contributed by atoms with E-state index in [4.69, 9.17) is 5.26 Å². The van der Waals surface area contributed by atoms with Crippen LogP contribution in [0.1, 0.15) is 18.4 Å². The van der Waals surface area contributed by atoms with Crippen molar-refractivity contribution in [2.45, 2.75) is 13.8 Å². The van der Waals surface area contributed by atoms with Crippen molar-refractivity contribution < 1.29 is 0 Å². The largest absolute Gasteiger partial charge is 0.343 e. The van der Waals surface area contributed by atoms with Crippen molar-refractivity contribution in [2.24, 2.45) is 0 Å². The summed E-state index contributed by atoms with van der Waals surface area (Å²) in [5.74, 6) is 0.930. The Kier molecular flexibility index (Phi) is 3.29. The van der Waals surface area contributed by atoms with Gasteiger partial charge in [0.2, 0.25) is 5.82 Å². The third-order valence-electron chi connectivity index (χ3n) is 2.26. The average molecular weight is 241 g/mol. The summed E-state index contributed by atoms with van der Waals surface area (Å²) in [4.78, 5) is 4.29. The molecule has 0 aliphatic carbocycles. The molecule has 0 aliphatic heterocycles. The smallest absolute Gasteiger partial charge is 0.216 e. The number of rotatable bonds is 3. The molecule has 0 saturated heterocycles. The summed E-state index contributed by atoms with van der Waals surface area (Å²) in [7, 11) is 0. The van der Waals surface area contributed by atoms with E-state index in [1.807, 2.05) is 31.2 Å². The van der Waals surface area contributed by atoms with Crippen LogP contribution in [0, 0.1) is 18.3 Å². The number of anilines is 1. The predicted molar refractivity (Wildman–Crippen MR) is 65.0 cm³/mol. The molecule has 0 atom stereocenters. The fourth-order valence-electron chi connectivity index (χ4n) is 1.44. The van der Waals surface area contributed by atoms with Crippen molar-refractivity contribution in [2.75, 3.05) is 5.32 Å². The number of nitrogens with one attached hydrogen (secondary N) is 2. The summed E-state index contributed by atoms with van der Waals surface area (Å²) in [5, 5.41) is 25.5. The Bertz CT molecular complexity index is 607. The van der Waals surface area contributed by atoms with E-state index >= 15 is 0 Å². The van der Waals surface area contributed by atoms with Gasteiger partial charge in [0.25, 0.3) is 0 Å². The molecule has 0 bridgehead atoms. The maximum Gasteiger partial charge on any atom is 0.216 e. The van der Waals surface area contributed by atoms with Crippen LogP contribution >= 0.6 is 0 Å². The zero-order valence-electron chi connectivity index (χ0n) is 9.97. The normalized spacial score (nSPS) is 11.6. The van der Waals surface area contributed by atoms with E-state index in [0.29, 0.717) is 17.1 Å². The number of pyridine rings is 1. The van der Waals surface area contributed by atoms with Crippen LogP contribution in [0.4, 0.5) is 5.82 Å². The molecule has 0 fully saturated rings. The van der Waals surface area contributed by atoms with E-state index in [1.54, 1.807) is 6.92 Å². The number of aromatic nitrogens is 5. The molecule has 18 heavy (non-hydrogen) atoms. The first-order valence-corrected chi connectivity index (χ1v) is 5.26. The highest BCUT2D eigenvalue weighted by atomic mass is 15.5. The zero-order chi connectivity index (χ0) is 13.0. The topological polar surface area (TPSA) is 103 Å². The molecule has 2 rings (SSSR count). The number of H-pyrrole nitrogens is 1. The summed E-state index contributed by atoms with van der Waals surface area (Å²) < 4.78 is 0. The second kappa shape index (κ2) is 5.05. The lowest BCUT2D eigenvalue weighted by Gasteiger charge is -2.07. The summed E-state index contributed by atoms with van der Waals surface area (Å²) in [6.07, 6.45) is 0. The van der Waals surface area contributed by atoms with Crippen LogP contribution in [0.5, 0.6) is 0 Å². The molecule has 0 aliphatic rings. The van der Waals surface area contributed by atoms with Crippen molar-refractivity contribution in [3.63, 3.8) is 0 Å². The first-order valence-electron chi connectivity index (χ1n) is 5.26. The van der Waals surface area contributed by atoms with E-state index in [0.717, 1.165) is 5.69 Å². The van der Waals surface area contributed by atoms with Gasteiger partial charge < -0.3 is 5.32 Å². The molecule has 0 aromatic carbocycles. The highest BCUT2D eigenvalue weighted by molar-refractivity contribution is 5.76. The Labute approximate surface area is 104 Å². The first kappa shape index (κ1) is 11.7. The number of nitriles is 1. The molecule has 0 spiro atoms. The zero-order valence-corrected chi connectivity index (χ0v) is 9.97. The SMILES string of the molecule is C/C(Nc1cccc(C)n1)=C(\C#N)c1nn[nH]n1. The molecule has 0 unspecified atom stereocenters. The lowest BCUT2D eigenvalue weighted by atomic mass is 10.2. The third kappa shape index (κ3) is 2.49. The van der Waals surface area contributed by atoms with E-state index in [9.17, 15) is 0 Å². The fraction of sp³-hybridized carbons (Fsp3) is 0.182. The molecule has 0 saturated carbocycles. The minimum absolute atomic E-state index is 0.259. The second-order valence-corrected chi connectivity index (χ2v) is 3.64. The number of aromatic amines is 1. The molecule has 90 valence electrons. The number of nitrogens with zero attached hydrogens (tertiary/aromatic N) is 5. The van der Waals surface area contributed by atoms with E-state index in [-0.39, 0.29) is 5.82 Å². The summed E-state index contributed by atoms with van der Waals surface area (Å²) in [5.41, 5.74) is 1.84. The Morgan fingerprint density at radius 1 is 1.44 bits per heavy atom. The fourth-order valence-corrected chi connectivity index (χ4v) is 1.44. The maximum atomic E-state index is 9.11. The van der Waals surface area contributed by atoms with Crippen LogP contribution in [0.25, 0.3) is 5.57 Å². The summed E-state index contributed by atoms with van der Waals surface area (Å²) in [6, 6.07) is 7.65. The first-order chi connectivity index (χ1) is 8.70. The number of hydrogen-bond donors (Lipinski definition) is 2. The van der Waals surface area contributed by atoms with Crippen LogP contribution in [0.15, 0.2) is 23.9 Å². The molecule has 2 aromatic rings. The van der Waals surface area contributed by atoms with Gasteiger partial charge in [-0.25, -0.2) is 4.98 Å². The lowest BCUT2D eigenvalue weighted by molar-refractivity contribution is 0.881. The molecular weight excluding hydrogens is 230 g/mol. The number of tetrazole rings is 1. The average Bonchev–Trinajstić information content (AvgIpc) is 2.83. The van der Waals surface area contributed by atoms with Crippen LogP contribution in [-0.2, 0) is 0 Å². The van der Waals surface area contributed by atoms with Gasteiger partial charge in [-0.05, 0) is 31.2 Å². The third-order valence-corrected chi connectivity index (χ3v) is 2.26. The van der Waals surface area contributed by atoms with Crippen molar-refractivity contribution >= 4 is 11.4 Å². The lowest BCUT2D eigenvalue weighted by Crippen LogP contribution is -2.02. The van der Waals surface area contributed by atoms with Crippen LogP contribution < -0.4 is 5.32 Å². The number of allylic oxidation sites excluding steroid dienone is 2. The minimum Gasteiger partial charge on any atom is -0.343 e. The van der Waals surface area contributed by atoms with Gasteiger partial charge in [-0.2, -0.15) is 10.5 Å². The van der Waals surface area contributed by atoms with Gasteiger partial charge in [0, 0.05) is 11.4 Å². The van der Waals surface area contributed by atoms with E-state index in [1.165, 1.54) is 0 Å². The Morgan fingerprint density at radius 2 is 2.28 bits per heavy atom. The quantitative estimate of drug-likeness (QED) is 0.784. The van der Waals surface area contributed by atoms with Gasteiger partial charge in [0.15, 0.2) is 0 Å². The maximum absolute atomic E-state index is 9.11. The summed E-state index contributed by atoms with van der Waals surface area (Å²) in [6.45, 7) is 3.66. The Hall–Kier alpha value is -2.75. The second-order valence-electron chi connectivity index (χ2n) is 3.64. The molecule has 0 radical (unpaired) electrons. The van der Waals surface area contributed by atoms with Gasteiger partial charge in [0.05, 0.1) is 0 Å². The number of hydrogen-bond acceptors (Lipinski definition) is 6. The standard InChI is InChI=1S/C11H11N7/c1-7-4-3-5-10(13-7)14-8(2)9(6-12)11-15-17-18-16-11/h3-5H,1-2H3,(H,13,14)(H,15,16,17,18)/b9-8-. The van der Waals surface area contributed by atoms with Crippen LogP contribution in [0.2, 0.25) is 0 Å². The van der Waals surface area contributed by atoms with Crippen molar-refractivity contribution in [3.8, 4) is 6.07 Å². The summed E-state index contributed by atoms with van der Waals surface area (Å²) >= 11 is 0. The highest BCUT2D eigenvalue weighted by Gasteiger charge is 2.10. The van der Waals surface area contributed by atoms with E-state index in [2.05, 4.69) is 30.9 Å². The van der Waals surface area contributed by atoms with Crippen molar-refractivity contribution in [3.05, 3.63) is 35.4 Å². The molecule has 2 aromatic heterocycles. The molecule has 2 N–H and O–H groups in total. The van der Waals surface area contributed by atoms with Gasteiger partial charge in [0.1, 0.15) is 17.5 Å². The van der Waals surface area contributed by atoms with Crippen LogP contribution in [-0.4, -0.2) is 25.6 Å².